The first-order valence-corrected chi connectivity index (χ1v) is 4.57. The Hall–Kier alpha value is -1.47. The van der Waals surface area contributed by atoms with Crippen LogP contribution in [0.25, 0.3) is 0 Å². The first-order valence-electron chi connectivity index (χ1n) is 4.57. The number of halogens is 3. The SMILES string of the molecule is CC(C)(C)OC(=O)n1cc([B-](F)(F)F)cn1. The van der Waals surface area contributed by atoms with Crippen LogP contribution >= 0.6 is 0 Å². The topological polar surface area (TPSA) is 44.1 Å². The maximum atomic E-state index is 12.3. The molecule has 0 atom stereocenters. The number of ether oxygens (including phenoxy) is 1. The Morgan fingerprint density at radius 1 is 1.44 bits per heavy atom. The second-order valence-corrected chi connectivity index (χ2v) is 4.27. The third-order valence-electron chi connectivity index (χ3n) is 1.56. The van der Waals surface area contributed by atoms with E-state index in [1.807, 2.05) is 0 Å². The van der Waals surface area contributed by atoms with Crippen molar-refractivity contribution in [1.82, 2.24) is 9.78 Å². The third-order valence-corrected chi connectivity index (χ3v) is 1.56. The fourth-order valence-electron chi connectivity index (χ4n) is 0.914. The van der Waals surface area contributed by atoms with Gasteiger partial charge in [-0.3, -0.25) is 0 Å². The zero-order valence-electron chi connectivity index (χ0n) is 9.08. The molecule has 0 spiro atoms. The lowest BCUT2D eigenvalue weighted by molar-refractivity contribution is 0.0514. The van der Waals surface area contributed by atoms with Gasteiger partial charge in [-0.05, 0) is 20.8 Å². The van der Waals surface area contributed by atoms with Crippen molar-refractivity contribution in [2.45, 2.75) is 26.4 Å². The molecule has 0 saturated carbocycles. The molecule has 0 aliphatic rings. The Morgan fingerprint density at radius 2 is 2.00 bits per heavy atom. The zero-order chi connectivity index (χ0) is 12.6. The molecule has 1 heterocycles. The number of hydrogen-bond donors (Lipinski definition) is 0. The standard InChI is InChI=1S/C8H11BF3N2O2/c1-8(2,3)16-7(15)14-5-6(4-13-14)9(10,11)12/h4-5H,1-3H3/q-1. The molecule has 0 aliphatic carbocycles. The molecule has 0 bridgehead atoms. The normalized spacial score (nSPS) is 12.6. The van der Waals surface area contributed by atoms with E-state index in [-0.39, 0.29) is 0 Å². The van der Waals surface area contributed by atoms with Gasteiger partial charge in [0.05, 0.1) is 0 Å². The zero-order valence-corrected chi connectivity index (χ0v) is 9.08. The van der Waals surface area contributed by atoms with E-state index in [2.05, 4.69) is 5.10 Å². The Kier molecular flexibility index (Phi) is 3.02. The lowest BCUT2D eigenvalue weighted by Gasteiger charge is -2.18. The summed E-state index contributed by atoms with van der Waals surface area (Å²) in [6.07, 6.45) is 0.289. The molecule has 0 amide bonds. The Labute approximate surface area is 90.4 Å². The Bertz CT molecular complexity index is 395. The molecule has 0 aromatic carbocycles. The van der Waals surface area contributed by atoms with Crippen molar-refractivity contribution in [3.05, 3.63) is 12.4 Å². The van der Waals surface area contributed by atoms with Crippen molar-refractivity contribution in [1.29, 1.82) is 0 Å². The number of carbonyl (C=O) groups excluding carboxylic acids is 1. The summed E-state index contributed by atoms with van der Waals surface area (Å²) in [6.45, 7) is -0.299. The summed E-state index contributed by atoms with van der Waals surface area (Å²) in [4.78, 5) is 11.3. The van der Waals surface area contributed by atoms with Crippen LogP contribution in [0.15, 0.2) is 12.4 Å². The number of hydrogen-bond acceptors (Lipinski definition) is 3. The predicted octanol–water partition coefficient (Wildman–Crippen LogP) is 1.72. The fourth-order valence-corrected chi connectivity index (χ4v) is 0.914. The second kappa shape index (κ2) is 3.84. The molecule has 1 aromatic rings. The molecule has 0 unspecified atom stereocenters. The summed E-state index contributed by atoms with van der Waals surface area (Å²) >= 11 is 0. The van der Waals surface area contributed by atoms with Gasteiger partial charge in [-0.1, -0.05) is 5.46 Å². The van der Waals surface area contributed by atoms with Crippen molar-refractivity contribution < 1.29 is 22.5 Å². The minimum absolute atomic E-state index is 0.538. The summed E-state index contributed by atoms with van der Waals surface area (Å²) in [5, 5.41) is 3.30. The summed E-state index contributed by atoms with van der Waals surface area (Å²) in [5.41, 5.74) is -1.70. The molecule has 0 radical (unpaired) electrons. The van der Waals surface area contributed by atoms with Gasteiger partial charge >= 0.3 is 13.1 Å². The summed E-state index contributed by atoms with van der Waals surface area (Å²) in [5.74, 6) is 0. The molecule has 4 nitrogen and oxygen atoms in total. The van der Waals surface area contributed by atoms with Crippen LogP contribution in [0, 0.1) is 0 Å². The van der Waals surface area contributed by atoms with Crippen LogP contribution in [-0.2, 0) is 4.74 Å². The molecular formula is C8H11BF3N2O2-. The number of carbonyl (C=O) groups is 1. The smallest absolute Gasteiger partial charge is 0.445 e. The van der Waals surface area contributed by atoms with Gasteiger partial charge < -0.3 is 17.7 Å². The highest BCUT2D eigenvalue weighted by atomic mass is 19.4. The number of aromatic nitrogens is 2. The van der Waals surface area contributed by atoms with Crippen molar-refractivity contribution >= 4 is 18.5 Å². The monoisotopic (exact) mass is 235 g/mol. The van der Waals surface area contributed by atoms with Gasteiger partial charge in [0.2, 0.25) is 0 Å². The first-order chi connectivity index (χ1) is 7.09. The molecule has 90 valence electrons. The van der Waals surface area contributed by atoms with Gasteiger partial charge in [0.15, 0.2) is 0 Å². The fraction of sp³-hybridized carbons (Fsp3) is 0.500. The molecule has 0 fully saturated rings. The van der Waals surface area contributed by atoms with Crippen LogP contribution in [0.1, 0.15) is 20.8 Å². The van der Waals surface area contributed by atoms with Crippen LogP contribution in [0.3, 0.4) is 0 Å². The van der Waals surface area contributed by atoms with Crippen LogP contribution < -0.4 is 5.46 Å². The molecule has 0 aliphatic heterocycles. The second-order valence-electron chi connectivity index (χ2n) is 4.27. The van der Waals surface area contributed by atoms with E-state index in [4.69, 9.17) is 4.74 Å². The van der Waals surface area contributed by atoms with Gasteiger partial charge in [0, 0.05) is 12.4 Å². The van der Waals surface area contributed by atoms with E-state index in [9.17, 15) is 17.7 Å². The maximum Gasteiger partial charge on any atom is 0.512 e. The van der Waals surface area contributed by atoms with Gasteiger partial charge in [0.25, 0.3) is 0 Å². The van der Waals surface area contributed by atoms with E-state index in [1.54, 1.807) is 20.8 Å². The highest BCUT2D eigenvalue weighted by Gasteiger charge is 2.28. The van der Waals surface area contributed by atoms with Crippen molar-refractivity contribution in [2.75, 3.05) is 0 Å². The van der Waals surface area contributed by atoms with E-state index < -0.39 is 24.1 Å². The number of rotatable bonds is 1. The van der Waals surface area contributed by atoms with E-state index in [1.165, 1.54) is 0 Å². The predicted molar refractivity (Wildman–Crippen MR) is 52.6 cm³/mol. The van der Waals surface area contributed by atoms with E-state index in [0.717, 1.165) is 0 Å². The van der Waals surface area contributed by atoms with Gasteiger partial charge in [-0.15, -0.1) is 0 Å². The third kappa shape index (κ3) is 3.28. The van der Waals surface area contributed by atoms with Crippen LogP contribution in [0.5, 0.6) is 0 Å². The first kappa shape index (κ1) is 12.6. The van der Waals surface area contributed by atoms with Gasteiger partial charge in [-0.25, -0.2) is 4.79 Å². The molecule has 0 N–H and O–H groups in total. The molecule has 0 saturated heterocycles. The van der Waals surface area contributed by atoms with Gasteiger partial charge in [0.1, 0.15) is 5.60 Å². The van der Waals surface area contributed by atoms with Crippen molar-refractivity contribution in [2.24, 2.45) is 0 Å². The van der Waals surface area contributed by atoms with Gasteiger partial charge in [-0.2, -0.15) is 9.78 Å². The van der Waals surface area contributed by atoms with E-state index in [0.29, 0.717) is 17.1 Å². The summed E-state index contributed by atoms with van der Waals surface area (Å²) in [7, 11) is 0. The Balaban J connectivity index is 2.83. The molecule has 1 aromatic heterocycles. The van der Waals surface area contributed by atoms with E-state index >= 15 is 0 Å². The number of nitrogens with zero attached hydrogens (tertiary/aromatic N) is 2. The highest BCUT2D eigenvalue weighted by Crippen LogP contribution is 2.10. The molecule has 1 rings (SSSR count). The quantitative estimate of drug-likeness (QED) is 0.696. The largest absolute Gasteiger partial charge is 0.512 e. The highest BCUT2D eigenvalue weighted by molar-refractivity contribution is 6.73. The molecule has 16 heavy (non-hydrogen) atoms. The average molecular weight is 235 g/mol. The van der Waals surface area contributed by atoms with Crippen LogP contribution in [-0.4, -0.2) is 28.5 Å². The lowest BCUT2D eigenvalue weighted by atomic mass is 9.83. The van der Waals surface area contributed by atoms with Crippen molar-refractivity contribution in [3.8, 4) is 0 Å². The lowest BCUT2D eigenvalue weighted by Crippen LogP contribution is -2.33. The van der Waals surface area contributed by atoms with Crippen molar-refractivity contribution in [3.63, 3.8) is 0 Å². The summed E-state index contributed by atoms with van der Waals surface area (Å²) in [6, 6.07) is 0. The van der Waals surface area contributed by atoms with Crippen LogP contribution in [0.2, 0.25) is 0 Å². The Morgan fingerprint density at radius 3 is 2.38 bits per heavy atom. The summed E-state index contributed by atoms with van der Waals surface area (Å²) < 4.78 is 42.2. The minimum atomic E-state index is -5.14. The maximum absolute atomic E-state index is 12.3. The average Bonchev–Trinajstić information content (AvgIpc) is 2.46. The minimum Gasteiger partial charge on any atom is -0.445 e. The molecule has 8 heteroatoms. The van der Waals surface area contributed by atoms with Crippen LogP contribution in [0.4, 0.5) is 17.7 Å². The molecular weight excluding hydrogens is 224 g/mol.